The molecule has 0 atom stereocenters. The lowest BCUT2D eigenvalue weighted by Gasteiger charge is -2.15. The van der Waals surface area contributed by atoms with E-state index >= 15 is 0 Å². The molecule has 3 rings (SSSR count). The number of aromatic nitrogens is 3. The van der Waals surface area contributed by atoms with Crippen molar-refractivity contribution in [3.63, 3.8) is 0 Å². The number of hydrogen-bond acceptors (Lipinski definition) is 7. The van der Waals surface area contributed by atoms with Crippen LogP contribution in [0.5, 0.6) is 0 Å². The van der Waals surface area contributed by atoms with E-state index in [1.807, 2.05) is 0 Å². The molecule has 0 aliphatic heterocycles. The van der Waals surface area contributed by atoms with Gasteiger partial charge in [-0.15, -0.1) is 10.2 Å². The first-order valence-corrected chi connectivity index (χ1v) is 11.9. The number of carbonyl (C=O) groups excluding carboxylic acids is 1. The van der Waals surface area contributed by atoms with E-state index in [-0.39, 0.29) is 28.8 Å². The van der Waals surface area contributed by atoms with Gasteiger partial charge in [0.2, 0.25) is 21.1 Å². The zero-order valence-electron chi connectivity index (χ0n) is 17.7. The van der Waals surface area contributed by atoms with Crippen LogP contribution in [0.15, 0.2) is 52.5 Å². The first-order valence-electron chi connectivity index (χ1n) is 9.48. The van der Waals surface area contributed by atoms with Gasteiger partial charge in [0.05, 0.1) is 10.6 Å². The Hall–Kier alpha value is -2.96. The van der Waals surface area contributed by atoms with E-state index in [2.05, 4.69) is 15.5 Å². The Balaban J connectivity index is 1.65. The topological polar surface area (TPSA) is 123 Å². The third-order valence-corrected chi connectivity index (χ3v) is 7.50. The Kier molecular flexibility index (Phi) is 7.16. The van der Waals surface area contributed by atoms with Crippen LogP contribution < -0.4 is 11.2 Å². The van der Waals surface area contributed by atoms with Gasteiger partial charge in [0.25, 0.3) is 0 Å². The number of amides is 1. The number of aryl methyl sites for hydroxylation is 1. The maximum atomic E-state index is 13.8. The minimum atomic E-state index is -3.64. The van der Waals surface area contributed by atoms with E-state index in [0.29, 0.717) is 27.8 Å². The molecule has 3 N–H and O–H groups in total. The largest absolute Gasteiger partial charge is 0.336 e. The number of benzene rings is 2. The molecule has 0 aliphatic rings. The molecule has 9 nitrogen and oxygen atoms in total. The first kappa shape index (κ1) is 23.7. The molecule has 0 saturated heterocycles. The average Bonchev–Trinajstić information content (AvgIpc) is 3.08. The van der Waals surface area contributed by atoms with E-state index in [1.165, 1.54) is 30.9 Å². The van der Waals surface area contributed by atoms with E-state index in [0.717, 1.165) is 16.1 Å². The second-order valence-electron chi connectivity index (χ2n) is 7.14. The number of sulfonamides is 1. The molecule has 0 fully saturated rings. The summed E-state index contributed by atoms with van der Waals surface area (Å²) in [5.74, 6) is 5.59. The van der Waals surface area contributed by atoms with Gasteiger partial charge in [-0.25, -0.2) is 21.8 Å². The molecule has 0 saturated carbocycles. The van der Waals surface area contributed by atoms with Gasteiger partial charge >= 0.3 is 0 Å². The van der Waals surface area contributed by atoms with Gasteiger partial charge in [-0.05, 0) is 36.2 Å². The molecule has 2 aromatic carbocycles. The van der Waals surface area contributed by atoms with Crippen LogP contribution in [-0.2, 0) is 21.2 Å². The molecule has 0 spiro atoms. The SMILES string of the molecule is Cc1ccc(NC(=O)CSc2nnc(Cc3ccccc3F)n2N)cc1S(=O)(=O)N(C)C. The van der Waals surface area contributed by atoms with Crippen LogP contribution in [0.25, 0.3) is 0 Å². The maximum absolute atomic E-state index is 13.8. The summed E-state index contributed by atoms with van der Waals surface area (Å²) < 4.78 is 41.1. The minimum absolute atomic E-state index is 0.0291. The number of rotatable bonds is 8. The van der Waals surface area contributed by atoms with Crippen LogP contribution in [0.2, 0.25) is 0 Å². The van der Waals surface area contributed by atoms with Crippen molar-refractivity contribution < 1.29 is 17.6 Å². The summed E-state index contributed by atoms with van der Waals surface area (Å²) in [4.78, 5) is 12.5. The van der Waals surface area contributed by atoms with Crippen LogP contribution in [0, 0.1) is 12.7 Å². The van der Waals surface area contributed by atoms with Crippen LogP contribution in [0.1, 0.15) is 17.0 Å². The van der Waals surface area contributed by atoms with E-state index < -0.39 is 10.0 Å². The Labute approximate surface area is 189 Å². The van der Waals surface area contributed by atoms with Crippen molar-refractivity contribution in [1.82, 2.24) is 19.2 Å². The highest BCUT2D eigenvalue weighted by atomic mass is 32.2. The van der Waals surface area contributed by atoms with Gasteiger partial charge in [-0.3, -0.25) is 4.79 Å². The predicted octanol–water partition coefficient (Wildman–Crippen LogP) is 2.01. The van der Waals surface area contributed by atoms with Crippen molar-refractivity contribution in [2.45, 2.75) is 23.4 Å². The molecule has 1 amide bonds. The van der Waals surface area contributed by atoms with Crippen molar-refractivity contribution in [3.05, 3.63) is 65.2 Å². The summed E-state index contributed by atoms with van der Waals surface area (Å²) in [6.07, 6.45) is 0.162. The van der Waals surface area contributed by atoms with Crippen LogP contribution in [0.4, 0.5) is 10.1 Å². The second-order valence-corrected chi connectivity index (χ2v) is 10.2. The third-order valence-electron chi connectivity index (χ3n) is 4.60. The fourth-order valence-electron chi connectivity index (χ4n) is 2.82. The summed E-state index contributed by atoms with van der Waals surface area (Å²) in [7, 11) is -0.752. The molecule has 170 valence electrons. The van der Waals surface area contributed by atoms with Gasteiger partial charge in [0.1, 0.15) is 5.82 Å². The first-order chi connectivity index (χ1) is 15.1. The number of nitrogens with zero attached hydrogens (tertiary/aromatic N) is 4. The summed E-state index contributed by atoms with van der Waals surface area (Å²) in [6.45, 7) is 1.69. The van der Waals surface area contributed by atoms with Gasteiger partial charge in [-0.1, -0.05) is 36.0 Å². The smallest absolute Gasteiger partial charge is 0.242 e. The standard InChI is InChI=1S/C20H23FN6O3S2/c1-13-8-9-15(11-17(13)32(29,30)26(2)3)23-19(28)12-31-20-25-24-18(27(20)22)10-14-6-4-5-7-16(14)21/h4-9,11H,10,12,22H2,1-3H3,(H,23,28). The Morgan fingerprint density at radius 2 is 1.94 bits per heavy atom. The lowest BCUT2D eigenvalue weighted by Crippen LogP contribution is -2.23. The summed E-state index contributed by atoms with van der Waals surface area (Å²) >= 11 is 1.06. The number of nitrogens with two attached hydrogens (primary N) is 1. The third kappa shape index (κ3) is 5.26. The van der Waals surface area contributed by atoms with E-state index in [1.54, 1.807) is 37.3 Å². The number of halogens is 1. The van der Waals surface area contributed by atoms with E-state index in [4.69, 9.17) is 5.84 Å². The van der Waals surface area contributed by atoms with Crippen molar-refractivity contribution in [2.24, 2.45) is 0 Å². The average molecular weight is 479 g/mol. The zero-order valence-corrected chi connectivity index (χ0v) is 19.4. The van der Waals surface area contributed by atoms with Gasteiger partial charge in [-0.2, -0.15) is 0 Å². The Morgan fingerprint density at radius 3 is 2.62 bits per heavy atom. The van der Waals surface area contributed by atoms with Crippen LogP contribution >= 0.6 is 11.8 Å². The summed E-state index contributed by atoms with van der Waals surface area (Å²) in [6, 6.07) is 11.0. The minimum Gasteiger partial charge on any atom is -0.336 e. The predicted molar refractivity (Wildman–Crippen MR) is 121 cm³/mol. The highest BCUT2D eigenvalue weighted by molar-refractivity contribution is 7.99. The Bertz CT molecular complexity index is 1240. The molecule has 0 unspecified atom stereocenters. The number of thioether (sulfide) groups is 1. The number of nitrogen functional groups attached to an aromatic ring is 1. The molecule has 0 bridgehead atoms. The number of nitrogens with one attached hydrogen (secondary N) is 1. The molecule has 3 aromatic rings. The van der Waals surface area contributed by atoms with Gasteiger partial charge < -0.3 is 11.2 Å². The zero-order chi connectivity index (χ0) is 23.5. The molecule has 0 radical (unpaired) electrons. The second kappa shape index (κ2) is 9.67. The number of anilines is 1. The van der Waals surface area contributed by atoms with Gasteiger partial charge in [0, 0.05) is 26.2 Å². The normalized spacial score (nSPS) is 11.7. The van der Waals surface area contributed by atoms with Crippen molar-refractivity contribution in [2.75, 3.05) is 31.0 Å². The summed E-state index contributed by atoms with van der Waals surface area (Å²) in [5, 5.41) is 10.9. The maximum Gasteiger partial charge on any atom is 0.242 e. The fourth-order valence-corrected chi connectivity index (χ4v) is 4.64. The highest BCUT2D eigenvalue weighted by Crippen LogP contribution is 2.23. The molecular formula is C20H23FN6O3S2. The Morgan fingerprint density at radius 1 is 1.22 bits per heavy atom. The molecule has 12 heteroatoms. The van der Waals surface area contributed by atoms with Crippen molar-refractivity contribution in [3.8, 4) is 0 Å². The van der Waals surface area contributed by atoms with Crippen LogP contribution in [0.3, 0.4) is 0 Å². The van der Waals surface area contributed by atoms with Crippen molar-refractivity contribution >= 4 is 33.4 Å². The summed E-state index contributed by atoms with van der Waals surface area (Å²) in [5.41, 5.74) is 1.37. The van der Waals surface area contributed by atoms with Crippen LogP contribution in [-0.4, -0.2) is 53.4 Å². The highest BCUT2D eigenvalue weighted by Gasteiger charge is 2.21. The molecule has 1 aromatic heterocycles. The van der Waals surface area contributed by atoms with Crippen molar-refractivity contribution in [1.29, 1.82) is 0 Å². The monoisotopic (exact) mass is 478 g/mol. The lowest BCUT2D eigenvalue weighted by molar-refractivity contribution is -0.113. The fraction of sp³-hybridized carbons (Fsp3) is 0.250. The van der Waals surface area contributed by atoms with Gasteiger partial charge in [0.15, 0.2) is 5.82 Å². The lowest BCUT2D eigenvalue weighted by atomic mass is 10.1. The molecular weight excluding hydrogens is 455 g/mol. The number of hydrogen-bond donors (Lipinski definition) is 2. The molecule has 1 heterocycles. The quantitative estimate of drug-likeness (QED) is 0.375. The van der Waals surface area contributed by atoms with E-state index in [9.17, 15) is 17.6 Å². The molecule has 0 aliphatic carbocycles. The molecule has 32 heavy (non-hydrogen) atoms. The number of carbonyl (C=O) groups is 1.